The summed E-state index contributed by atoms with van der Waals surface area (Å²) in [5, 5.41) is 6.50. The number of benzene rings is 1. The van der Waals surface area contributed by atoms with E-state index < -0.39 is 11.7 Å². The molecule has 0 aliphatic carbocycles. The van der Waals surface area contributed by atoms with Gasteiger partial charge in [0.15, 0.2) is 0 Å². The molecule has 0 atom stereocenters. The monoisotopic (exact) mass is 276 g/mol. The summed E-state index contributed by atoms with van der Waals surface area (Å²) in [5.41, 5.74) is 6.37. The van der Waals surface area contributed by atoms with E-state index in [1.54, 1.807) is 6.92 Å². The number of aryl methyl sites for hydroxylation is 1. The maximum atomic E-state index is 13.0. The fourth-order valence-electron chi connectivity index (χ4n) is 1.75. The molecule has 0 spiro atoms. The molecule has 2 rings (SSSR count). The highest BCUT2D eigenvalue weighted by atomic mass is 19.1. The fraction of sp³-hybridized carbons (Fsp3) is 0.154. The van der Waals surface area contributed by atoms with Crippen LogP contribution in [0.1, 0.15) is 15.9 Å². The molecular formula is C13H13FN4O2. The number of anilines is 1. The normalized spacial score (nSPS) is 10.3. The van der Waals surface area contributed by atoms with Crippen molar-refractivity contribution in [3.05, 3.63) is 47.5 Å². The molecule has 3 N–H and O–H groups in total. The highest BCUT2D eigenvalue weighted by Crippen LogP contribution is 2.13. The Labute approximate surface area is 114 Å². The van der Waals surface area contributed by atoms with Crippen molar-refractivity contribution in [2.45, 2.75) is 13.5 Å². The number of carbonyl (C=O) groups is 2. The van der Waals surface area contributed by atoms with Crippen molar-refractivity contribution >= 4 is 17.5 Å². The van der Waals surface area contributed by atoms with E-state index in [1.807, 2.05) is 0 Å². The van der Waals surface area contributed by atoms with Crippen molar-refractivity contribution in [1.82, 2.24) is 9.78 Å². The molecule has 0 bridgehead atoms. The molecule has 1 heterocycles. The summed E-state index contributed by atoms with van der Waals surface area (Å²) in [7, 11) is 0. The number of aromatic nitrogens is 2. The first kappa shape index (κ1) is 13.7. The number of rotatable bonds is 4. The number of primary amides is 1. The largest absolute Gasteiger partial charge is 0.368 e. The Kier molecular flexibility index (Phi) is 3.79. The summed E-state index contributed by atoms with van der Waals surface area (Å²) < 4.78 is 14.3. The molecule has 0 saturated carbocycles. The predicted molar refractivity (Wildman–Crippen MR) is 70.5 cm³/mol. The van der Waals surface area contributed by atoms with Gasteiger partial charge in [0.05, 0.1) is 11.9 Å². The van der Waals surface area contributed by atoms with Gasteiger partial charge >= 0.3 is 0 Å². The first-order valence-electron chi connectivity index (χ1n) is 5.84. The van der Waals surface area contributed by atoms with E-state index >= 15 is 0 Å². The van der Waals surface area contributed by atoms with Gasteiger partial charge in [-0.25, -0.2) is 4.39 Å². The summed E-state index contributed by atoms with van der Waals surface area (Å²) in [6, 6.07) is 3.91. The van der Waals surface area contributed by atoms with Crippen LogP contribution in [0.4, 0.5) is 10.1 Å². The predicted octanol–water partition coefficient (Wildman–Crippen LogP) is 1.07. The van der Waals surface area contributed by atoms with Gasteiger partial charge in [-0.3, -0.25) is 14.3 Å². The zero-order valence-corrected chi connectivity index (χ0v) is 10.8. The van der Waals surface area contributed by atoms with Gasteiger partial charge in [-0.1, -0.05) is 0 Å². The Balaban J connectivity index is 2.11. The lowest BCUT2D eigenvalue weighted by Gasteiger charge is -2.05. The summed E-state index contributed by atoms with van der Waals surface area (Å²) in [4.78, 5) is 22.8. The second-order valence-corrected chi connectivity index (χ2v) is 4.31. The second-order valence-electron chi connectivity index (χ2n) is 4.31. The van der Waals surface area contributed by atoms with Crippen molar-refractivity contribution in [3.8, 4) is 0 Å². The highest BCUT2D eigenvalue weighted by Gasteiger charge is 2.11. The smallest absolute Gasteiger partial charge is 0.256 e. The molecule has 20 heavy (non-hydrogen) atoms. The molecule has 0 saturated heterocycles. The lowest BCUT2D eigenvalue weighted by molar-refractivity contribution is -0.118. The molecule has 7 heteroatoms. The van der Waals surface area contributed by atoms with Gasteiger partial charge in [-0.2, -0.15) is 5.10 Å². The van der Waals surface area contributed by atoms with Crippen LogP contribution >= 0.6 is 0 Å². The van der Waals surface area contributed by atoms with Crippen LogP contribution in [-0.2, 0) is 11.3 Å². The zero-order chi connectivity index (χ0) is 14.7. The Morgan fingerprint density at radius 2 is 2.20 bits per heavy atom. The van der Waals surface area contributed by atoms with E-state index in [0.29, 0.717) is 16.8 Å². The highest BCUT2D eigenvalue weighted by molar-refractivity contribution is 6.05. The van der Waals surface area contributed by atoms with E-state index in [2.05, 4.69) is 10.4 Å². The van der Waals surface area contributed by atoms with Gasteiger partial charge in [0.25, 0.3) is 5.91 Å². The molecule has 2 aromatic rings. The lowest BCUT2D eigenvalue weighted by atomic mass is 10.1. The number of halogens is 1. The van der Waals surface area contributed by atoms with E-state index in [4.69, 9.17) is 5.73 Å². The number of hydrogen-bond donors (Lipinski definition) is 2. The Bertz CT molecular complexity index is 666. The van der Waals surface area contributed by atoms with E-state index in [0.717, 1.165) is 0 Å². The van der Waals surface area contributed by atoms with Crippen molar-refractivity contribution in [1.29, 1.82) is 0 Å². The van der Waals surface area contributed by atoms with Crippen LogP contribution in [0.15, 0.2) is 30.6 Å². The fourth-order valence-corrected chi connectivity index (χ4v) is 1.75. The summed E-state index contributed by atoms with van der Waals surface area (Å²) >= 11 is 0. The molecule has 104 valence electrons. The molecule has 0 fully saturated rings. The summed E-state index contributed by atoms with van der Waals surface area (Å²) in [5.74, 6) is -1.30. The lowest BCUT2D eigenvalue weighted by Crippen LogP contribution is -2.18. The number of nitrogens with zero attached hydrogens (tertiary/aromatic N) is 2. The average Bonchev–Trinajstić information content (AvgIpc) is 2.75. The van der Waals surface area contributed by atoms with Crippen molar-refractivity contribution in [3.63, 3.8) is 0 Å². The second kappa shape index (κ2) is 5.52. The van der Waals surface area contributed by atoms with Crippen LogP contribution in [0, 0.1) is 12.7 Å². The topological polar surface area (TPSA) is 90.0 Å². The molecule has 0 radical (unpaired) electrons. The molecule has 1 aromatic heterocycles. The number of nitrogens with one attached hydrogen (secondary N) is 1. The van der Waals surface area contributed by atoms with Gasteiger partial charge in [0.2, 0.25) is 5.91 Å². The van der Waals surface area contributed by atoms with Gasteiger partial charge in [0, 0.05) is 11.8 Å². The van der Waals surface area contributed by atoms with Crippen LogP contribution in [0.2, 0.25) is 0 Å². The van der Waals surface area contributed by atoms with Gasteiger partial charge in [-0.05, 0) is 30.7 Å². The number of carbonyl (C=O) groups excluding carboxylic acids is 2. The molecule has 0 aliphatic rings. The quantitative estimate of drug-likeness (QED) is 0.875. The molecule has 1 aromatic carbocycles. The van der Waals surface area contributed by atoms with Crippen LogP contribution in [0.25, 0.3) is 0 Å². The first-order chi connectivity index (χ1) is 9.45. The third-order valence-corrected chi connectivity index (χ3v) is 2.64. The van der Waals surface area contributed by atoms with Gasteiger partial charge < -0.3 is 11.1 Å². The number of amides is 2. The maximum absolute atomic E-state index is 13.0. The summed E-state index contributed by atoms with van der Waals surface area (Å²) in [6.45, 7) is 1.58. The Hall–Kier alpha value is -2.70. The van der Waals surface area contributed by atoms with E-state index in [1.165, 1.54) is 35.3 Å². The van der Waals surface area contributed by atoms with Crippen molar-refractivity contribution < 1.29 is 14.0 Å². The molecule has 2 amide bonds. The van der Waals surface area contributed by atoms with E-state index in [-0.39, 0.29) is 12.5 Å². The van der Waals surface area contributed by atoms with Gasteiger partial charge in [0.1, 0.15) is 12.4 Å². The van der Waals surface area contributed by atoms with Crippen LogP contribution in [0.3, 0.4) is 0 Å². The third-order valence-electron chi connectivity index (χ3n) is 2.64. The number of nitrogens with two attached hydrogens (primary N) is 1. The Morgan fingerprint density at radius 3 is 2.85 bits per heavy atom. The van der Waals surface area contributed by atoms with Crippen molar-refractivity contribution in [2.24, 2.45) is 5.73 Å². The average molecular weight is 276 g/mol. The maximum Gasteiger partial charge on any atom is 0.256 e. The van der Waals surface area contributed by atoms with Crippen molar-refractivity contribution in [2.75, 3.05) is 5.32 Å². The SMILES string of the molecule is Cc1cc(F)ccc1C(=O)Nc1cnn(CC(N)=O)c1. The Morgan fingerprint density at radius 1 is 1.45 bits per heavy atom. The minimum atomic E-state index is -0.527. The van der Waals surface area contributed by atoms with Crippen LogP contribution in [0.5, 0.6) is 0 Å². The molecule has 6 nitrogen and oxygen atoms in total. The first-order valence-corrected chi connectivity index (χ1v) is 5.84. The third kappa shape index (κ3) is 3.19. The molecule has 0 unspecified atom stereocenters. The molecular weight excluding hydrogens is 263 g/mol. The summed E-state index contributed by atoms with van der Waals surface area (Å²) in [6.07, 6.45) is 2.89. The van der Waals surface area contributed by atoms with Crippen LogP contribution in [-0.4, -0.2) is 21.6 Å². The number of hydrogen-bond acceptors (Lipinski definition) is 3. The molecule has 0 aliphatic heterocycles. The standard InChI is InChI=1S/C13H13FN4O2/c1-8-4-9(14)2-3-11(8)13(20)17-10-5-16-18(6-10)7-12(15)19/h2-6H,7H2,1H3,(H2,15,19)(H,17,20). The zero-order valence-electron chi connectivity index (χ0n) is 10.8. The van der Waals surface area contributed by atoms with Gasteiger partial charge in [-0.15, -0.1) is 0 Å². The minimum absolute atomic E-state index is 0.0640. The minimum Gasteiger partial charge on any atom is -0.368 e. The van der Waals surface area contributed by atoms with Crippen LogP contribution < -0.4 is 11.1 Å². The van der Waals surface area contributed by atoms with E-state index in [9.17, 15) is 14.0 Å².